The van der Waals surface area contributed by atoms with Gasteiger partial charge in [0.15, 0.2) is 0 Å². The third kappa shape index (κ3) is 3.73. The first-order valence-electron chi connectivity index (χ1n) is 7.38. The molecular formula is C16H23NO3. The van der Waals surface area contributed by atoms with E-state index in [1.54, 1.807) is 4.90 Å². The molecule has 0 spiro atoms. The number of carbonyl (C=O) groups is 1. The lowest BCUT2D eigenvalue weighted by Gasteiger charge is -2.36. The van der Waals surface area contributed by atoms with Crippen LogP contribution in [0.25, 0.3) is 0 Å². The summed E-state index contributed by atoms with van der Waals surface area (Å²) in [6.07, 6.45) is 2.83. The lowest BCUT2D eigenvalue weighted by molar-refractivity contribution is 0.0541. The lowest BCUT2D eigenvalue weighted by atomic mass is 9.94. The van der Waals surface area contributed by atoms with Gasteiger partial charge >= 0.3 is 6.09 Å². The van der Waals surface area contributed by atoms with E-state index in [1.165, 1.54) is 0 Å². The molecule has 4 heteroatoms. The van der Waals surface area contributed by atoms with E-state index >= 15 is 0 Å². The summed E-state index contributed by atoms with van der Waals surface area (Å²) in [7, 11) is 0. The van der Waals surface area contributed by atoms with Crippen LogP contribution >= 0.6 is 0 Å². The van der Waals surface area contributed by atoms with Gasteiger partial charge in [0.05, 0.1) is 12.7 Å². The first-order chi connectivity index (χ1) is 9.72. The topological polar surface area (TPSA) is 49.8 Å². The van der Waals surface area contributed by atoms with Gasteiger partial charge in [0, 0.05) is 12.6 Å². The molecule has 1 amide bonds. The number of aliphatic hydroxyl groups excluding tert-OH is 1. The van der Waals surface area contributed by atoms with Crippen LogP contribution in [0.15, 0.2) is 30.3 Å². The van der Waals surface area contributed by atoms with Gasteiger partial charge in [-0.2, -0.15) is 0 Å². The Labute approximate surface area is 120 Å². The number of nitrogens with zero attached hydrogens (tertiary/aromatic N) is 1. The number of likely N-dealkylation sites (tertiary alicyclic amines) is 1. The molecule has 1 aliphatic rings. The Hall–Kier alpha value is -1.55. The highest BCUT2D eigenvalue weighted by atomic mass is 16.6. The maximum absolute atomic E-state index is 11.9. The molecule has 1 aliphatic heterocycles. The second-order valence-corrected chi connectivity index (χ2v) is 5.20. The van der Waals surface area contributed by atoms with E-state index in [4.69, 9.17) is 4.74 Å². The predicted molar refractivity (Wildman–Crippen MR) is 77.4 cm³/mol. The Balaban J connectivity index is 2.00. The van der Waals surface area contributed by atoms with Crippen molar-refractivity contribution in [3.05, 3.63) is 35.9 Å². The molecule has 2 atom stereocenters. The molecule has 2 rings (SSSR count). The third-order valence-electron chi connectivity index (χ3n) is 3.81. The second-order valence-electron chi connectivity index (χ2n) is 5.20. The molecule has 1 aromatic carbocycles. The maximum atomic E-state index is 11.9. The van der Waals surface area contributed by atoms with Crippen LogP contribution in [-0.4, -0.2) is 35.3 Å². The fourth-order valence-corrected chi connectivity index (χ4v) is 2.76. The van der Waals surface area contributed by atoms with Gasteiger partial charge in [-0.25, -0.2) is 4.79 Å². The van der Waals surface area contributed by atoms with Gasteiger partial charge in [-0.1, -0.05) is 30.3 Å². The molecule has 110 valence electrons. The van der Waals surface area contributed by atoms with Crippen molar-refractivity contribution in [3.8, 4) is 0 Å². The van der Waals surface area contributed by atoms with Crippen LogP contribution in [0.3, 0.4) is 0 Å². The molecule has 1 fully saturated rings. The van der Waals surface area contributed by atoms with Crippen LogP contribution in [0.1, 0.15) is 44.3 Å². The van der Waals surface area contributed by atoms with Gasteiger partial charge in [0.2, 0.25) is 0 Å². The molecule has 0 bridgehead atoms. The minimum Gasteiger partial charge on any atom is -0.450 e. The van der Waals surface area contributed by atoms with Crippen molar-refractivity contribution in [1.29, 1.82) is 0 Å². The zero-order valence-electron chi connectivity index (χ0n) is 12.0. The number of carbonyl (C=O) groups excluding carboxylic acids is 1. The summed E-state index contributed by atoms with van der Waals surface area (Å²) in [4.78, 5) is 13.7. The molecule has 0 unspecified atom stereocenters. The standard InChI is InChI=1S/C16H23NO3/c1-2-20-16(19)17-11-7-6-10-14(17)12-15(18)13-8-4-3-5-9-13/h3-5,8-9,14-15,18H,2,6-7,10-12H2,1H3/t14-,15+/m0/s1. The highest BCUT2D eigenvalue weighted by molar-refractivity contribution is 5.68. The first kappa shape index (κ1) is 14.9. The molecule has 1 heterocycles. The SMILES string of the molecule is CCOC(=O)N1CCCC[C@H]1C[C@@H](O)c1ccccc1. The third-order valence-corrected chi connectivity index (χ3v) is 3.81. The van der Waals surface area contributed by atoms with Gasteiger partial charge in [-0.15, -0.1) is 0 Å². The summed E-state index contributed by atoms with van der Waals surface area (Å²) >= 11 is 0. The molecule has 1 saturated heterocycles. The Kier molecular flexibility index (Phi) is 5.41. The van der Waals surface area contributed by atoms with Gasteiger partial charge in [-0.05, 0) is 38.2 Å². The smallest absolute Gasteiger partial charge is 0.409 e. The molecule has 0 aromatic heterocycles. The Morgan fingerprint density at radius 1 is 1.40 bits per heavy atom. The Morgan fingerprint density at radius 3 is 2.85 bits per heavy atom. The fourth-order valence-electron chi connectivity index (χ4n) is 2.76. The molecule has 0 saturated carbocycles. The second kappa shape index (κ2) is 7.29. The van der Waals surface area contributed by atoms with Crippen molar-refractivity contribution in [1.82, 2.24) is 4.90 Å². The predicted octanol–water partition coefficient (Wildman–Crippen LogP) is 3.12. The van der Waals surface area contributed by atoms with Gasteiger partial charge < -0.3 is 14.7 Å². The van der Waals surface area contributed by atoms with Crippen molar-refractivity contribution in [2.24, 2.45) is 0 Å². The zero-order valence-corrected chi connectivity index (χ0v) is 12.0. The van der Waals surface area contributed by atoms with Crippen LogP contribution in [0.2, 0.25) is 0 Å². The Morgan fingerprint density at radius 2 is 2.15 bits per heavy atom. The number of ether oxygens (including phenoxy) is 1. The summed E-state index contributed by atoms with van der Waals surface area (Å²) < 4.78 is 5.10. The minimum absolute atomic E-state index is 0.0676. The number of piperidine rings is 1. The van der Waals surface area contributed by atoms with Gasteiger partial charge in [0.1, 0.15) is 0 Å². The summed E-state index contributed by atoms with van der Waals surface area (Å²) in [5.74, 6) is 0. The van der Waals surface area contributed by atoms with Crippen LogP contribution < -0.4 is 0 Å². The number of hydrogen-bond donors (Lipinski definition) is 1. The van der Waals surface area contributed by atoms with E-state index in [2.05, 4.69) is 0 Å². The number of rotatable bonds is 4. The molecule has 20 heavy (non-hydrogen) atoms. The van der Waals surface area contributed by atoms with E-state index in [0.717, 1.165) is 31.4 Å². The first-order valence-corrected chi connectivity index (χ1v) is 7.38. The average molecular weight is 277 g/mol. The van der Waals surface area contributed by atoms with E-state index in [9.17, 15) is 9.90 Å². The van der Waals surface area contributed by atoms with E-state index in [-0.39, 0.29) is 12.1 Å². The minimum atomic E-state index is -0.531. The maximum Gasteiger partial charge on any atom is 0.409 e. The van der Waals surface area contributed by atoms with Crippen molar-refractivity contribution in [2.75, 3.05) is 13.2 Å². The molecular weight excluding hydrogens is 254 g/mol. The van der Waals surface area contributed by atoms with Gasteiger partial charge in [-0.3, -0.25) is 0 Å². The van der Waals surface area contributed by atoms with Crippen molar-refractivity contribution in [3.63, 3.8) is 0 Å². The quantitative estimate of drug-likeness (QED) is 0.920. The molecule has 1 aromatic rings. The van der Waals surface area contributed by atoms with E-state index in [0.29, 0.717) is 13.0 Å². The normalized spacial score (nSPS) is 20.5. The lowest BCUT2D eigenvalue weighted by Crippen LogP contribution is -2.44. The Bertz CT molecular complexity index is 421. The summed E-state index contributed by atoms with van der Waals surface area (Å²) in [5, 5.41) is 10.3. The summed E-state index contributed by atoms with van der Waals surface area (Å²) in [6.45, 7) is 2.93. The van der Waals surface area contributed by atoms with Crippen molar-refractivity contribution < 1.29 is 14.6 Å². The molecule has 4 nitrogen and oxygen atoms in total. The van der Waals surface area contributed by atoms with Crippen LogP contribution in [0.4, 0.5) is 4.79 Å². The monoisotopic (exact) mass is 277 g/mol. The average Bonchev–Trinajstić information content (AvgIpc) is 2.49. The number of hydrogen-bond acceptors (Lipinski definition) is 3. The van der Waals surface area contributed by atoms with Crippen LogP contribution in [-0.2, 0) is 4.74 Å². The summed E-state index contributed by atoms with van der Waals surface area (Å²) in [5.41, 5.74) is 0.905. The molecule has 1 N–H and O–H groups in total. The van der Waals surface area contributed by atoms with Crippen LogP contribution in [0, 0.1) is 0 Å². The number of benzene rings is 1. The number of amides is 1. The van der Waals surface area contributed by atoms with Gasteiger partial charge in [0.25, 0.3) is 0 Å². The van der Waals surface area contributed by atoms with Crippen molar-refractivity contribution >= 4 is 6.09 Å². The number of aliphatic hydroxyl groups is 1. The van der Waals surface area contributed by atoms with Crippen LogP contribution in [0.5, 0.6) is 0 Å². The fraction of sp³-hybridized carbons (Fsp3) is 0.562. The van der Waals surface area contributed by atoms with E-state index in [1.807, 2.05) is 37.3 Å². The molecule has 0 aliphatic carbocycles. The molecule has 0 radical (unpaired) electrons. The highest BCUT2D eigenvalue weighted by Gasteiger charge is 2.29. The zero-order chi connectivity index (χ0) is 14.4. The largest absolute Gasteiger partial charge is 0.450 e. The highest BCUT2D eigenvalue weighted by Crippen LogP contribution is 2.27. The van der Waals surface area contributed by atoms with E-state index < -0.39 is 6.10 Å². The van der Waals surface area contributed by atoms with Crippen molar-refractivity contribution in [2.45, 2.75) is 44.8 Å². The summed E-state index contributed by atoms with van der Waals surface area (Å²) in [6, 6.07) is 9.68.